The summed E-state index contributed by atoms with van der Waals surface area (Å²) >= 11 is 0. The Balaban J connectivity index is 1.68. The lowest BCUT2D eigenvalue weighted by atomic mass is 10.0. The highest BCUT2D eigenvalue weighted by Gasteiger charge is 2.19. The average molecular weight is 333 g/mol. The number of benzene rings is 2. The normalized spacial score (nSPS) is 15.0. The van der Waals surface area contributed by atoms with Crippen LogP contribution in [0.1, 0.15) is 22.8 Å². The van der Waals surface area contributed by atoms with E-state index in [-0.39, 0.29) is 11.4 Å². The van der Waals surface area contributed by atoms with E-state index in [0.29, 0.717) is 12.2 Å². The number of aliphatic hydroxyl groups excluding tert-OH is 1. The van der Waals surface area contributed by atoms with Crippen molar-refractivity contribution in [3.63, 3.8) is 0 Å². The zero-order valence-corrected chi connectivity index (χ0v) is 13.6. The van der Waals surface area contributed by atoms with Gasteiger partial charge in [0.05, 0.1) is 17.6 Å². The second kappa shape index (κ2) is 6.31. The molecule has 0 fully saturated rings. The molecule has 1 heterocycles. The molecule has 2 aromatic rings. The van der Waals surface area contributed by atoms with E-state index < -0.39 is 16.1 Å². The third-order valence-corrected chi connectivity index (χ3v) is 5.34. The minimum absolute atomic E-state index is 0.0736. The lowest BCUT2D eigenvalue weighted by Gasteiger charge is -2.13. The Morgan fingerprint density at radius 2 is 1.96 bits per heavy atom. The van der Waals surface area contributed by atoms with Gasteiger partial charge in [-0.2, -0.15) is 0 Å². The first-order valence-electron chi connectivity index (χ1n) is 7.46. The van der Waals surface area contributed by atoms with E-state index in [2.05, 4.69) is 4.72 Å². The predicted molar refractivity (Wildman–Crippen MR) is 87.0 cm³/mol. The van der Waals surface area contributed by atoms with Gasteiger partial charge in [0.15, 0.2) is 0 Å². The fourth-order valence-electron chi connectivity index (χ4n) is 2.52. The number of hydrogen-bond acceptors (Lipinski definition) is 4. The monoisotopic (exact) mass is 333 g/mol. The van der Waals surface area contributed by atoms with E-state index in [1.54, 1.807) is 30.3 Å². The maximum Gasteiger partial charge on any atom is 0.240 e. The molecule has 5 nitrogen and oxygen atoms in total. The van der Waals surface area contributed by atoms with Crippen molar-refractivity contribution in [2.75, 3.05) is 13.2 Å². The van der Waals surface area contributed by atoms with Crippen LogP contribution in [-0.4, -0.2) is 26.7 Å². The number of nitrogens with one attached hydrogen (secondary N) is 1. The molecular weight excluding hydrogens is 314 g/mol. The largest absolute Gasteiger partial charge is 0.493 e. The third-order valence-electron chi connectivity index (χ3n) is 3.90. The Kier molecular flexibility index (Phi) is 4.39. The van der Waals surface area contributed by atoms with Crippen LogP contribution in [0.4, 0.5) is 0 Å². The van der Waals surface area contributed by atoms with Gasteiger partial charge >= 0.3 is 0 Å². The Hall–Kier alpha value is -1.89. The van der Waals surface area contributed by atoms with Crippen molar-refractivity contribution in [1.29, 1.82) is 0 Å². The Labute approximate surface area is 136 Å². The third kappa shape index (κ3) is 3.55. The summed E-state index contributed by atoms with van der Waals surface area (Å²) < 4.78 is 32.3. The molecule has 23 heavy (non-hydrogen) atoms. The second-order valence-corrected chi connectivity index (χ2v) is 7.41. The van der Waals surface area contributed by atoms with E-state index in [1.807, 2.05) is 19.1 Å². The van der Waals surface area contributed by atoms with E-state index in [1.165, 1.54) is 0 Å². The van der Waals surface area contributed by atoms with Crippen LogP contribution in [-0.2, 0) is 16.4 Å². The van der Waals surface area contributed by atoms with Crippen LogP contribution in [0.25, 0.3) is 0 Å². The molecule has 2 aromatic carbocycles. The minimum Gasteiger partial charge on any atom is -0.493 e. The maximum absolute atomic E-state index is 12.2. The van der Waals surface area contributed by atoms with Crippen molar-refractivity contribution >= 4 is 10.0 Å². The summed E-state index contributed by atoms with van der Waals surface area (Å²) in [5.41, 5.74) is 2.72. The fraction of sp³-hybridized carbons (Fsp3) is 0.294. The van der Waals surface area contributed by atoms with Gasteiger partial charge in [-0.05, 0) is 42.3 Å². The first kappa shape index (κ1) is 16.0. The minimum atomic E-state index is -3.63. The molecule has 6 heteroatoms. The summed E-state index contributed by atoms with van der Waals surface area (Å²) in [6.07, 6.45) is -0.0912. The van der Waals surface area contributed by atoms with E-state index in [4.69, 9.17) is 4.74 Å². The van der Waals surface area contributed by atoms with Gasteiger partial charge in [-0.3, -0.25) is 0 Å². The van der Waals surface area contributed by atoms with Crippen LogP contribution < -0.4 is 9.46 Å². The van der Waals surface area contributed by atoms with E-state index in [0.717, 1.165) is 23.3 Å². The molecule has 122 valence electrons. The van der Waals surface area contributed by atoms with Crippen LogP contribution in [0.15, 0.2) is 47.4 Å². The highest BCUT2D eigenvalue weighted by atomic mass is 32.2. The van der Waals surface area contributed by atoms with Crippen molar-refractivity contribution in [3.8, 4) is 5.75 Å². The van der Waals surface area contributed by atoms with E-state index >= 15 is 0 Å². The van der Waals surface area contributed by atoms with Gasteiger partial charge in [-0.1, -0.05) is 23.8 Å². The fourth-order valence-corrected chi connectivity index (χ4v) is 3.56. The molecule has 0 saturated heterocycles. The predicted octanol–water partition coefficient (Wildman–Crippen LogP) is 1.94. The van der Waals surface area contributed by atoms with Crippen molar-refractivity contribution in [1.82, 2.24) is 4.72 Å². The Bertz CT molecular complexity index is 800. The molecule has 1 unspecified atom stereocenters. The molecule has 3 rings (SSSR count). The molecule has 0 radical (unpaired) electrons. The van der Waals surface area contributed by atoms with Gasteiger partial charge in [0.2, 0.25) is 10.0 Å². The summed E-state index contributed by atoms with van der Waals surface area (Å²) in [5.74, 6) is 0.834. The van der Waals surface area contributed by atoms with Crippen molar-refractivity contribution in [3.05, 3.63) is 59.2 Å². The summed E-state index contributed by atoms with van der Waals surface area (Å²) in [7, 11) is -3.63. The number of aliphatic hydroxyl groups is 1. The summed E-state index contributed by atoms with van der Waals surface area (Å²) in [6, 6.07) is 12.0. The Morgan fingerprint density at radius 1 is 1.22 bits per heavy atom. The van der Waals surface area contributed by atoms with Crippen molar-refractivity contribution < 1.29 is 18.3 Å². The van der Waals surface area contributed by atoms with Crippen LogP contribution >= 0.6 is 0 Å². The summed E-state index contributed by atoms with van der Waals surface area (Å²) in [6.45, 7) is 2.47. The molecule has 0 aliphatic carbocycles. The van der Waals surface area contributed by atoms with Gasteiger partial charge in [-0.15, -0.1) is 0 Å². The number of ether oxygens (including phenoxy) is 1. The smallest absolute Gasteiger partial charge is 0.240 e. The molecule has 0 bridgehead atoms. The molecule has 0 amide bonds. The second-order valence-electron chi connectivity index (χ2n) is 5.65. The number of fused-ring (bicyclic) bond motifs is 1. The maximum atomic E-state index is 12.2. The molecular formula is C17H19NO4S. The summed E-state index contributed by atoms with van der Waals surface area (Å²) in [4.78, 5) is 0.192. The van der Waals surface area contributed by atoms with Gasteiger partial charge in [0, 0.05) is 13.0 Å². The van der Waals surface area contributed by atoms with Crippen molar-refractivity contribution in [2.45, 2.75) is 24.3 Å². The average Bonchev–Trinajstić information content (AvgIpc) is 3.00. The molecule has 1 aliphatic heterocycles. The van der Waals surface area contributed by atoms with Gasteiger partial charge in [0.25, 0.3) is 0 Å². The van der Waals surface area contributed by atoms with Crippen LogP contribution in [0.5, 0.6) is 5.75 Å². The summed E-state index contributed by atoms with van der Waals surface area (Å²) in [5, 5.41) is 10.2. The first-order valence-corrected chi connectivity index (χ1v) is 8.94. The SMILES string of the molecule is Cc1ccc(S(=O)(=O)NCC(O)c2ccc3c(c2)CCO3)cc1. The zero-order valence-electron chi connectivity index (χ0n) is 12.8. The first-order chi connectivity index (χ1) is 11.0. The van der Waals surface area contributed by atoms with Gasteiger partial charge < -0.3 is 9.84 Å². The number of hydrogen-bond donors (Lipinski definition) is 2. The number of sulfonamides is 1. The van der Waals surface area contributed by atoms with Crippen molar-refractivity contribution in [2.24, 2.45) is 0 Å². The van der Waals surface area contributed by atoms with Crippen LogP contribution in [0, 0.1) is 6.92 Å². The lowest BCUT2D eigenvalue weighted by Crippen LogP contribution is -2.28. The van der Waals surface area contributed by atoms with Gasteiger partial charge in [0.1, 0.15) is 5.75 Å². The molecule has 1 aliphatic rings. The zero-order chi connectivity index (χ0) is 16.4. The van der Waals surface area contributed by atoms with E-state index in [9.17, 15) is 13.5 Å². The molecule has 0 aromatic heterocycles. The topological polar surface area (TPSA) is 75.6 Å². The van der Waals surface area contributed by atoms with Crippen LogP contribution in [0.2, 0.25) is 0 Å². The molecule has 1 atom stereocenters. The standard InChI is InChI=1S/C17H19NO4S/c1-12-2-5-15(6-3-12)23(20,21)18-11-16(19)13-4-7-17-14(10-13)8-9-22-17/h2-7,10,16,18-19H,8-9,11H2,1H3. The quantitative estimate of drug-likeness (QED) is 0.877. The van der Waals surface area contributed by atoms with Gasteiger partial charge in [-0.25, -0.2) is 13.1 Å². The number of rotatable bonds is 5. The highest BCUT2D eigenvalue weighted by Crippen LogP contribution is 2.28. The van der Waals surface area contributed by atoms with Crippen LogP contribution in [0.3, 0.4) is 0 Å². The molecule has 0 saturated carbocycles. The highest BCUT2D eigenvalue weighted by molar-refractivity contribution is 7.89. The molecule has 0 spiro atoms. The lowest BCUT2D eigenvalue weighted by molar-refractivity contribution is 0.182. The Morgan fingerprint density at radius 3 is 2.70 bits per heavy atom. The number of aryl methyl sites for hydroxylation is 1. The molecule has 2 N–H and O–H groups in total.